The Balaban J connectivity index is 1.57. The first kappa shape index (κ1) is 21.4. The monoisotopic (exact) mass is 420 g/mol. The first-order chi connectivity index (χ1) is 13.6. The molecule has 0 spiro atoms. The van der Waals surface area contributed by atoms with E-state index in [1.165, 1.54) is 0 Å². The van der Waals surface area contributed by atoms with Crippen molar-refractivity contribution in [1.29, 1.82) is 0 Å². The molecule has 0 bridgehead atoms. The molecule has 3 amide bonds. The molecule has 2 N–H and O–H groups in total. The van der Waals surface area contributed by atoms with Gasteiger partial charge in [-0.15, -0.1) is 0 Å². The Bertz CT molecular complexity index is 798. The van der Waals surface area contributed by atoms with Crippen LogP contribution in [0.2, 0.25) is 5.02 Å². The van der Waals surface area contributed by atoms with Crippen LogP contribution in [0, 0.1) is 11.3 Å². The van der Waals surface area contributed by atoms with Crippen molar-refractivity contribution in [3.63, 3.8) is 0 Å². The van der Waals surface area contributed by atoms with Crippen LogP contribution in [-0.2, 0) is 14.4 Å². The van der Waals surface area contributed by atoms with Crippen LogP contribution in [0.15, 0.2) is 18.2 Å². The maximum atomic E-state index is 12.7. The van der Waals surface area contributed by atoms with Gasteiger partial charge in [-0.1, -0.05) is 32.4 Å². The van der Waals surface area contributed by atoms with Gasteiger partial charge in [0.05, 0.1) is 17.3 Å². The van der Waals surface area contributed by atoms with Crippen LogP contribution in [0.4, 0.5) is 11.4 Å². The lowest BCUT2D eigenvalue weighted by Crippen LogP contribution is -2.47. The predicted molar refractivity (Wildman–Crippen MR) is 114 cm³/mol. The molecule has 158 valence electrons. The molecule has 2 aliphatic rings. The van der Waals surface area contributed by atoms with Gasteiger partial charge in [-0.3, -0.25) is 14.4 Å². The van der Waals surface area contributed by atoms with Crippen molar-refractivity contribution in [2.24, 2.45) is 11.3 Å². The number of benzene rings is 1. The molecule has 29 heavy (non-hydrogen) atoms. The van der Waals surface area contributed by atoms with Gasteiger partial charge in [0, 0.05) is 43.2 Å². The largest absolute Gasteiger partial charge is 0.359 e. The Morgan fingerprint density at radius 3 is 2.45 bits per heavy atom. The molecule has 0 radical (unpaired) electrons. The number of nitrogens with one attached hydrogen (secondary N) is 2. The summed E-state index contributed by atoms with van der Waals surface area (Å²) in [5.41, 5.74) is 1.02. The molecule has 1 aromatic carbocycles. The fourth-order valence-corrected chi connectivity index (χ4v) is 4.05. The smallest absolute Gasteiger partial charge is 0.239 e. The molecule has 2 heterocycles. The van der Waals surface area contributed by atoms with Crippen LogP contribution in [0.1, 0.15) is 33.6 Å². The molecule has 0 aromatic heterocycles. The van der Waals surface area contributed by atoms with Crippen LogP contribution in [0.25, 0.3) is 0 Å². The number of hydrogen-bond acceptors (Lipinski definition) is 4. The fraction of sp³-hybridized carbons (Fsp3) is 0.571. The highest BCUT2D eigenvalue weighted by Crippen LogP contribution is 2.30. The quantitative estimate of drug-likeness (QED) is 0.787. The van der Waals surface area contributed by atoms with E-state index in [0.29, 0.717) is 49.7 Å². The van der Waals surface area contributed by atoms with Gasteiger partial charge in [-0.2, -0.15) is 0 Å². The van der Waals surface area contributed by atoms with Gasteiger partial charge in [0.25, 0.3) is 0 Å². The Kier molecular flexibility index (Phi) is 6.36. The van der Waals surface area contributed by atoms with E-state index in [1.807, 2.05) is 42.7 Å². The second kappa shape index (κ2) is 8.61. The fourth-order valence-electron chi connectivity index (χ4n) is 3.75. The predicted octanol–water partition coefficient (Wildman–Crippen LogP) is 2.50. The molecular weight excluding hydrogens is 392 g/mol. The highest BCUT2D eigenvalue weighted by molar-refractivity contribution is 6.33. The zero-order chi connectivity index (χ0) is 21.2. The molecule has 3 rings (SSSR count). The molecule has 0 aliphatic carbocycles. The van der Waals surface area contributed by atoms with E-state index >= 15 is 0 Å². The molecular formula is C21H29ClN4O3. The minimum absolute atomic E-state index is 0.0269. The van der Waals surface area contributed by atoms with E-state index in [0.717, 1.165) is 5.69 Å². The number of amides is 3. The summed E-state index contributed by atoms with van der Waals surface area (Å²) in [5, 5.41) is 6.23. The Hall–Kier alpha value is -2.28. The van der Waals surface area contributed by atoms with Crippen molar-refractivity contribution in [1.82, 2.24) is 10.2 Å². The summed E-state index contributed by atoms with van der Waals surface area (Å²) < 4.78 is 0. The van der Waals surface area contributed by atoms with Gasteiger partial charge in [0.1, 0.15) is 0 Å². The maximum absolute atomic E-state index is 12.7. The lowest BCUT2D eigenvalue weighted by atomic mass is 9.90. The summed E-state index contributed by atoms with van der Waals surface area (Å²) in [6.45, 7) is 8.51. The summed E-state index contributed by atoms with van der Waals surface area (Å²) >= 11 is 6.41. The molecule has 7 nitrogen and oxygen atoms in total. The van der Waals surface area contributed by atoms with E-state index in [4.69, 9.17) is 11.6 Å². The van der Waals surface area contributed by atoms with Crippen LogP contribution in [0.3, 0.4) is 0 Å². The zero-order valence-electron chi connectivity index (χ0n) is 17.3. The molecule has 0 unspecified atom stereocenters. The van der Waals surface area contributed by atoms with Crippen LogP contribution >= 0.6 is 11.6 Å². The summed E-state index contributed by atoms with van der Waals surface area (Å²) in [7, 11) is 0. The third-order valence-corrected chi connectivity index (χ3v) is 5.69. The van der Waals surface area contributed by atoms with Crippen LogP contribution < -0.4 is 15.5 Å². The van der Waals surface area contributed by atoms with Gasteiger partial charge in [0.15, 0.2) is 0 Å². The molecule has 2 aliphatic heterocycles. The average Bonchev–Trinajstić information content (AvgIpc) is 2.67. The molecule has 2 saturated heterocycles. The summed E-state index contributed by atoms with van der Waals surface area (Å²) in [6, 6.07) is 5.37. The third-order valence-electron chi connectivity index (χ3n) is 5.39. The van der Waals surface area contributed by atoms with E-state index in [-0.39, 0.29) is 30.2 Å². The standard InChI is InChI=1S/C21H29ClN4O3/c1-21(2,3)20(29)25-9-6-14(7-10-25)19(28)24-15-4-5-17(16(22)12-15)26-11-8-23-18(27)13-26/h4-5,12,14H,6-11,13H2,1-3H3,(H,23,27)(H,24,28). The lowest BCUT2D eigenvalue weighted by Gasteiger charge is -2.35. The van der Waals surface area contributed by atoms with Crippen molar-refractivity contribution in [3.05, 3.63) is 23.2 Å². The minimum Gasteiger partial charge on any atom is -0.359 e. The molecule has 1 aromatic rings. The number of carbonyl (C=O) groups excluding carboxylic acids is 3. The number of likely N-dealkylation sites (tertiary alicyclic amines) is 1. The lowest BCUT2D eigenvalue weighted by molar-refractivity contribution is -0.142. The number of carbonyl (C=O) groups is 3. The van der Waals surface area contributed by atoms with Gasteiger partial charge in [-0.05, 0) is 31.0 Å². The van der Waals surface area contributed by atoms with Crippen molar-refractivity contribution >= 4 is 40.7 Å². The Labute approximate surface area is 176 Å². The average molecular weight is 421 g/mol. The summed E-state index contributed by atoms with van der Waals surface area (Å²) in [5.74, 6) is -0.0663. The van der Waals surface area contributed by atoms with E-state index in [9.17, 15) is 14.4 Å². The highest BCUT2D eigenvalue weighted by Gasteiger charge is 2.32. The number of piperazine rings is 1. The van der Waals surface area contributed by atoms with Crippen molar-refractivity contribution < 1.29 is 14.4 Å². The summed E-state index contributed by atoms with van der Waals surface area (Å²) in [4.78, 5) is 40.4. The SMILES string of the molecule is CC(C)(C)C(=O)N1CCC(C(=O)Nc2ccc(N3CCNC(=O)C3)c(Cl)c2)CC1. The molecule has 2 fully saturated rings. The maximum Gasteiger partial charge on any atom is 0.239 e. The second-order valence-electron chi connectivity index (χ2n) is 8.74. The third kappa shape index (κ3) is 5.21. The van der Waals surface area contributed by atoms with E-state index in [1.54, 1.807) is 6.07 Å². The molecule has 8 heteroatoms. The van der Waals surface area contributed by atoms with Crippen molar-refractivity contribution in [3.8, 4) is 0 Å². The van der Waals surface area contributed by atoms with Gasteiger partial charge in [0.2, 0.25) is 17.7 Å². The van der Waals surface area contributed by atoms with Crippen LogP contribution in [-0.4, -0.2) is 55.3 Å². The minimum atomic E-state index is -0.400. The number of halogens is 1. The normalized spacial score (nSPS) is 18.4. The second-order valence-corrected chi connectivity index (χ2v) is 9.15. The van der Waals surface area contributed by atoms with Crippen molar-refractivity contribution in [2.75, 3.05) is 42.9 Å². The molecule has 0 atom stereocenters. The van der Waals surface area contributed by atoms with Crippen molar-refractivity contribution in [2.45, 2.75) is 33.6 Å². The first-order valence-electron chi connectivity index (χ1n) is 10.1. The topological polar surface area (TPSA) is 81.8 Å². The number of rotatable bonds is 3. The number of piperidine rings is 1. The van der Waals surface area contributed by atoms with Gasteiger partial charge in [-0.25, -0.2) is 0 Å². The molecule has 0 saturated carbocycles. The van der Waals surface area contributed by atoms with Gasteiger partial charge >= 0.3 is 0 Å². The highest BCUT2D eigenvalue weighted by atomic mass is 35.5. The Morgan fingerprint density at radius 1 is 1.17 bits per heavy atom. The first-order valence-corrected chi connectivity index (χ1v) is 10.4. The van der Waals surface area contributed by atoms with E-state index in [2.05, 4.69) is 10.6 Å². The summed E-state index contributed by atoms with van der Waals surface area (Å²) in [6.07, 6.45) is 1.31. The Morgan fingerprint density at radius 2 is 1.86 bits per heavy atom. The number of nitrogens with zero attached hydrogens (tertiary/aromatic N) is 2. The zero-order valence-corrected chi connectivity index (χ0v) is 18.0. The number of hydrogen-bond donors (Lipinski definition) is 2. The van der Waals surface area contributed by atoms with E-state index < -0.39 is 5.41 Å². The van der Waals surface area contributed by atoms with Crippen LogP contribution in [0.5, 0.6) is 0 Å². The number of anilines is 2. The van der Waals surface area contributed by atoms with Gasteiger partial charge < -0.3 is 20.4 Å².